The van der Waals surface area contributed by atoms with E-state index >= 15 is 0 Å². The summed E-state index contributed by atoms with van der Waals surface area (Å²) in [6, 6.07) is 58.9. The van der Waals surface area contributed by atoms with Crippen molar-refractivity contribution in [3.05, 3.63) is 324 Å². The zero-order valence-electron chi connectivity index (χ0n) is 80.5. The summed E-state index contributed by atoms with van der Waals surface area (Å²) in [7, 11) is 16.2. The van der Waals surface area contributed by atoms with Crippen LogP contribution in [0.1, 0.15) is 56.9 Å². The van der Waals surface area contributed by atoms with Crippen LogP contribution in [0.4, 0.5) is 40.3 Å². The third-order valence-electron chi connectivity index (χ3n) is 27.0. The molecule has 0 saturated carbocycles. The van der Waals surface area contributed by atoms with Crippen LogP contribution in [0, 0.1) is 30.2 Å². The number of hydrogen-bond donors (Lipinski definition) is 1. The Hall–Kier alpha value is -14.8. The van der Waals surface area contributed by atoms with E-state index in [-0.39, 0.29) is 56.8 Å². The summed E-state index contributed by atoms with van der Waals surface area (Å²) in [6.45, 7) is 16.7. The molecule has 27 nitrogen and oxygen atoms in total. The van der Waals surface area contributed by atoms with Crippen LogP contribution >= 0.6 is 0 Å². The molecule has 5 aliphatic heterocycles. The Kier molecular flexibility index (Phi) is 29.5. The molecular formula is C109H115F4N17O10. The first-order valence-corrected chi connectivity index (χ1v) is 47.1. The summed E-state index contributed by atoms with van der Waals surface area (Å²) < 4.78 is 89.7. The van der Waals surface area contributed by atoms with E-state index in [9.17, 15) is 41.5 Å². The number of fused-ring (bicyclic) bond motifs is 6. The molecule has 0 radical (unpaired) electrons. The maximum absolute atomic E-state index is 14.1. The molecule has 0 aliphatic carbocycles. The SMILES string of the molecule is CCN1CCN(c2ccc3nc(-c4ccc5nc(C)oc5c4)cc(=O)n3c2)CC1.COc1ccc(-c2cc(=O)n3cc(C4=CCN(C)CC4)ccc3n2)cc1F.COc1ccc(-c2cc(=O)n3cc(N4CCC(N(C)C)C4)ccc3c2)cc1F.COc1ccc(-c2cc(=O)n3cc(N4CCC(N(C)C)CC4)ccc3c2)cc1F.COc1ccc(-c2cc(=O)n3cc(N4CCC(N)CC4)ccc3c2)cc1F. The fourth-order valence-corrected chi connectivity index (χ4v) is 18.7. The largest absolute Gasteiger partial charge is 0.494 e. The number of aromatic nitrogens is 8. The van der Waals surface area contributed by atoms with Gasteiger partial charge >= 0.3 is 0 Å². The summed E-state index contributed by atoms with van der Waals surface area (Å²) in [5.74, 6) is -0.482. The van der Waals surface area contributed by atoms with E-state index in [1.54, 1.807) is 78.3 Å². The van der Waals surface area contributed by atoms with Crippen molar-refractivity contribution < 1.29 is 40.9 Å². The molecule has 0 amide bonds. The number of oxazole rings is 1. The van der Waals surface area contributed by atoms with Crippen LogP contribution in [0.2, 0.25) is 0 Å². The third kappa shape index (κ3) is 21.9. The average Bonchev–Trinajstić information content (AvgIpc) is 1.07. The average molecular weight is 1900 g/mol. The van der Waals surface area contributed by atoms with Crippen molar-refractivity contribution in [1.29, 1.82) is 0 Å². The summed E-state index contributed by atoms with van der Waals surface area (Å²) in [5.41, 5.74) is 23.2. The van der Waals surface area contributed by atoms with E-state index in [4.69, 9.17) is 34.1 Å². The molecule has 2 N–H and O–H groups in total. The lowest BCUT2D eigenvalue weighted by Crippen LogP contribution is -2.46. The van der Waals surface area contributed by atoms with Gasteiger partial charge in [-0.25, -0.2) is 32.5 Å². The van der Waals surface area contributed by atoms with Crippen LogP contribution in [-0.2, 0) is 0 Å². The predicted octanol–water partition coefficient (Wildman–Crippen LogP) is 16.1. The monoisotopic (exact) mass is 1900 g/mol. The Morgan fingerprint density at radius 2 is 0.764 bits per heavy atom. The Balaban J connectivity index is 0.000000121. The Morgan fingerprint density at radius 1 is 0.386 bits per heavy atom. The number of nitrogens with zero attached hydrogens (tertiary/aromatic N) is 16. The number of ether oxygens (including phenoxy) is 4. The smallest absolute Gasteiger partial charge is 0.258 e. The van der Waals surface area contributed by atoms with Gasteiger partial charge in [0.15, 0.2) is 57.7 Å². The van der Waals surface area contributed by atoms with E-state index in [2.05, 4.69) is 110 Å². The lowest BCUT2D eigenvalue weighted by atomic mass is 10.0. The Bertz CT molecular complexity index is 7620. The van der Waals surface area contributed by atoms with Gasteiger partial charge in [0.1, 0.15) is 16.8 Å². The van der Waals surface area contributed by atoms with E-state index in [0.29, 0.717) is 85.2 Å². The number of hydrogen-bond acceptors (Lipinski definition) is 22. The van der Waals surface area contributed by atoms with Crippen molar-refractivity contribution >= 4 is 67.3 Å². The van der Waals surface area contributed by atoms with Gasteiger partial charge in [-0.15, -0.1) is 0 Å². The second-order valence-electron chi connectivity index (χ2n) is 36.3. The lowest BCUT2D eigenvalue weighted by Gasteiger charge is -2.36. The highest BCUT2D eigenvalue weighted by atomic mass is 19.1. The molecule has 5 aromatic carbocycles. The third-order valence-corrected chi connectivity index (χ3v) is 27.0. The van der Waals surface area contributed by atoms with Crippen molar-refractivity contribution in [3.8, 4) is 78.9 Å². The molecule has 16 heterocycles. The minimum Gasteiger partial charge on any atom is -0.494 e. The van der Waals surface area contributed by atoms with Crippen LogP contribution in [0.5, 0.6) is 23.0 Å². The van der Waals surface area contributed by atoms with Crippen molar-refractivity contribution in [3.63, 3.8) is 0 Å². The first-order valence-electron chi connectivity index (χ1n) is 47.1. The normalized spacial score (nSPS) is 15.6. The van der Waals surface area contributed by atoms with Gasteiger partial charge < -0.3 is 68.3 Å². The Labute approximate surface area is 807 Å². The minimum atomic E-state index is -0.485. The van der Waals surface area contributed by atoms with Gasteiger partial charge in [-0.05, 0) is 270 Å². The van der Waals surface area contributed by atoms with Crippen LogP contribution in [0.25, 0.3) is 100 Å². The van der Waals surface area contributed by atoms with Gasteiger partial charge in [0.05, 0.1) is 62.6 Å². The fourth-order valence-electron chi connectivity index (χ4n) is 18.7. The molecule has 1 atom stereocenters. The van der Waals surface area contributed by atoms with Crippen LogP contribution in [0.3, 0.4) is 0 Å². The number of aryl methyl sites for hydroxylation is 1. The first kappa shape index (κ1) is 96.9. The molecule has 140 heavy (non-hydrogen) atoms. The molecule has 31 heteroatoms. The molecule has 16 aromatic rings. The lowest BCUT2D eigenvalue weighted by molar-refractivity contribution is 0.249. The second kappa shape index (κ2) is 42.7. The van der Waals surface area contributed by atoms with Crippen molar-refractivity contribution in [2.75, 3.05) is 168 Å². The molecule has 724 valence electrons. The number of rotatable bonds is 17. The summed E-state index contributed by atoms with van der Waals surface area (Å²) in [4.78, 5) is 95.7. The number of nitrogens with two attached hydrogens (primary N) is 1. The van der Waals surface area contributed by atoms with Crippen LogP contribution < -0.4 is 72.1 Å². The topological polar surface area (TPSA) is 248 Å². The Morgan fingerprint density at radius 3 is 1.20 bits per heavy atom. The standard InChI is InChI=1S/C23H26FN3O2.C22H24FN3O2.C22H23N5O2.C21H20FN3O2.C21H22FN3O2/c1-25(2)18-8-10-26(11-9-18)20-6-5-19-12-17(14-23(28)27(19)15-20)16-4-7-22(29-3)21(24)13-16;1-24(2)18-8-9-25(13-18)19-6-5-17-10-16(12-22(27)26(17)14-19)15-4-7-21(28-3)20(23)11-15;1-3-25-8-10-26(11-9-25)17-5-7-21-24-19(13-22(28)27(21)14-17)16-4-6-18-20(12-16)29-15(2)23-18;1-24-9-7-14(8-10-24)16-4-6-20-23-18(12-21(26)25(20)13-16)15-3-5-19(27-2)17(22)11-15;1-27-20-5-2-14(11-19(20)22)15-10-17-3-4-18(13-25(17)21(26)12-15)24-8-6-16(23)7-9-24/h4-7,12-15,18H,8-11H2,1-3H3;4-7,10-12,14,18H,8-9,13H2,1-3H3;4-7,12-14H,3,8-11H2,1-2H3;3-7,11-13H,8-10H2,1-2H3;2-5,10-13,16H,6-9,23H2,1H3. The molecule has 4 saturated heterocycles. The van der Waals surface area contributed by atoms with E-state index < -0.39 is 23.3 Å². The number of likely N-dealkylation sites (N-methyl/N-ethyl adjacent to an activating group) is 3. The van der Waals surface area contributed by atoms with E-state index in [1.165, 1.54) is 80.9 Å². The number of pyridine rings is 8. The highest BCUT2D eigenvalue weighted by molar-refractivity contribution is 5.81. The molecule has 0 spiro atoms. The predicted molar refractivity (Wildman–Crippen MR) is 547 cm³/mol. The van der Waals surface area contributed by atoms with Gasteiger partial charge in [-0.2, -0.15) is 0 Å². The molecule has 11 aromatic heterocycles. The molecular weight excluding hydrogens is 1780 g/mol. The summed E-state index contributed by atoms with van der Waals surface area (Å²) in [6.07, 6.45) is 17.8. The van der Waals surface area contributed by atoms with Gasteiger partial charge in [-0.1, -0.05) is 37.3 Å². The van der Waals surface area contributed by atoms with Crippen LogP contribution in [-0.4, -0.2) is 223 Å². The van der Waals surface area contributed by atoms with Crippen molar-refractivity contribution in [2.45, 2.75) is 70.5 Å². The second-order valence-corrected chi connectivity index (χ2v) is 36.3. The van der Waals surface area contributed by atoms with Gasteiger partial charge in [0, 0.05) is 193 Å². The number of piperazine rings is 1. The number of halogens is 4. The molecule has 4 fully saturated rings. The van der Waals surface area contributed by atoms with Crippen molar-refractivity contribution in [2.24, 2.45) is 5.73 Å². The van der Waals surface area contributed by atoms with Gasteiger partial charge in [0.2, 0.25) is 0 Å². The minimum absolute atomic E-state index is 0.0899. The fraction of sp³-hybridized carbons (Fsp3) is 0.303. The highest BCUT2D eigenvalue weighted by Crippen LogP contribution is 2.35. The van der Waals surface area contributed by atoms with Crippen molar-refractivity contribution in [1.82, 2.24) is 56.6 Å². The maximum atomic E-state index is 14.1. The zero-order chi connectivity index (χ0) is 98.3. The number of piperidine rings is 2. The van der Waals surface area contributed by atoms with Gasteiger partial charge in [0.25, 0.3) is 27.8 Å². The molecule has 0 bridgehead atoms. The zero-order valence-corrected chi connectivity index (χ0v) is 80.5. The number of methoxy groups -OCH3 is 4. The van der Waals surface area contributed by atoms with Gasteiger partial charge in [-0.3, -0.25) is 46.0 Å². The molecule has 5 aliphatic rings. The molecule has 21 rings (SSSR count). The van der Waals surface area contributed by atoms with E-state index in [1.807, 2.05) is 123 Å². The number of anilines is 4. The number of benzene rings is 5. The quantitative estimate of drug-likeness (QED) is 0.0832. The summed E-state index contributed by atoms with van der Waals surface area (Å²) >= 11 is 0. The molecule has 1 unspecified atom stereocenters. The maximum Gasteiger partial charge on any atom is 0.258 e. The first-order chi connectivity index (χ1) is 67.6. The summed E-state index contributed by atoms with van der Waals surface area (Å²) in [5, 5.41) is 0. The highest BCUT2D eigenvalue weighted by Gasteiger charge is 2.28. The van der Waals surface area contributed by atoms with E-state index in [0.717, 1.165) is 180 Å². The van der Waals surface area contributed by atoms with Crippen LogP contribution in [0.15, 0.2) is 266 Å².